The van der Waals surface area contributed by atoms with Gasteiger partial charge in [0.2, 0.25) is 0 Å². The fourth-order valence-electron chi connectivity index (χ4n) is 3.30. The lowest BCUT2D eigenvalue weighted by atomic mass is 9.78. The molecule has 0 heterocycles. The maximum Gasteiger partial charge on any atom is 0.0614 e. The van der Waals surface area contributed by atoms with Crippen molar-refractivity contribution >= 4 is 17.0 Å². The second-order valence-corrected chi connectivity index (χ2v) is 9.46. The third kappa shape index (κ3) is 17.5. The van der Waals surface area contributed by atoms with Crippen LogP contribution in [0.4, 0.5) is 0 Å². The molecule has 3 unspecified atom stereocenters. The Morgan fingerprint density at radius 2 is 1.27 bits per heavy atom. The Hall–Kier alpha value is 0.140. The van der Waals surface area contributed by atoms with Gasteiger partial charge in [0.25, 0.3) is 0 Å². The third-order valence-electron chi connectivity index (χ3n) is 5.91. The fourth-order valence-corrected chi connectivity index (χ4v) is 3.30. The normalized spacial score (nSPS) is 15.6. The molecule has 0 aliphatic heterocycles. The molecule has 0 saturated heterocycles. The highest BCUT2D eigenvalue weighted by atomic mass is 79.9. The zero-order valence-corrected chi connectivity index (χ0v) is 20.7. The van der Waals surface area contributed by atoms with E-state index in [4.69, 9.17) is 5.11 Å². The van der Waals surface area contributed by atoms with Gasteiger partial charge in [-0.3, -0.25) is 0 Å². The highest BCUT2D eigenvalue weighted by Crippen LogP contribution is 2.30. The summed E-state index contributed by atoms with van der Waals surface area (Å²) in [6.07, 6.45) is 14.0. The monoisotopic (exact) mass is 435 g/mol. The van der Waals surface area contributed by atoms with E-state index < -0.39 is 0 Å². The number of halogens is 1. The van der Waals surface area contributed by atoms with Crippen molar-refractivity contribution < 1.29 is 5.11 Å². The van der Waals surface area contributed by atoms with Gasteiger partial charge in [0.1, 0.15) is 0 Å². The van der Waals surface area contributed by atoms with E-state index in [9.17, 15) is 0 Å². The molecule has 0 aromatic rings. The summed E-state index contributed by atoms with van der Waals surface area (Å²) in [4.78, 5) is 0. The van der Waals surface area contributed by atoms with Gasteiger partial charge < -0.3 is 11.3 Å². The molecule has 0 fully saturated rings. The largest absolute Gasteiger partial charge is 0.392 e. The Bertz CT molecular complexity index is 336. The van der Waals surface area contributed by atoms with Crippen molar-refractivity contribution in [1.82, 2.24) is 6.15 Å². The van der Waals surface area contributed by atoms with Gasteiger partial charge in [0.15, 0.2) is 0 Å². The molecule has 0 radical (unpaired) electrons. The standard InChI is InChI=1S/C23H46O.BrH.H3N/c1-19(13-9-14-21(3)17-18-24)11-8-12-20(2)15-10-16-22(4)23(5,6)7;;/h17,19-20,22,24H,8-16,18H2,1-7H3;1H;1H3/b21-17+;;. The second kappa shape index (κ2) is 17.3. The van der Waals surface area contributed by atoms with Crippen LogP contribution in [0.1, 0.15) is 106 Å². The summed E-state index contributed by atoms with van der Waals surface area (Å²) in [5, 5.41) is 8.87. The maximum absolute atomic E-state index is 8.87. The van der Waals surface area contributed by atoms with Gasteiger partial charge in [0.05, 0.1) is 6.61 Å². The summed E-state index contributed by atoms with van der Waals surface area (Å²) in [7, 11) is 0. The van der Waals surface area contributed by atoms with Crippen LogP contribution >= 0.6 is 17.0 Å². The summed E-state index contributed by atoms with van der Waals surface area (Å²) in [6, 6.07) is 0. The summed E-state index contributed by atoms with van der Waals surface area (Å²) in [6.45, 7) is 16.7. The average Bonchev–Trinajstić information content (AvgIpc) is 2.46. The van der Waals surface area contributed by atoms with Crippen LogP contribution in [0.25, 0.3) is 0 Å². The van der Waals surface area contributed by atoms with Gasteiger partial charge in [0, 0.05) is 0 Å². The first-order chi connectivity index (χ1) is 11.2. The molecule has 0 bridgehead atoms. The lowest BCUT2D eigenvalue weighted by Gasteiger charge is -2.27. The molecule has 0 aromatic carbocycles. The summed E-state index contributed by atoms with van der Waals surface area (Å²) in [5.74, 6) is 2.56. The van der Waals surface area contributed by atoms with Gasteiger partial charge >= 0.3 is 0 Å². The van der Waals surface area contributed by atoms with E-state index >= 15 is 0 Å². The first kappa shape index (κ1) is 30.9. The Labute approximate surface area is 176 Å². The highest BCUT2D eigenvalue weighted by Gasteiger charge is 2.19. The van der Waals surface area contributed by atoms with E-state index in [1.165, 1.54) is 56.9 Å². The summed E-state index contributed by atoms with van der Waals surface area (Å²) in [5.41, 5.74) is 1.80. The van der Waals surface area contributed by atoms with Crippen LogP contribution in [0.2, 0.25) is 0 Å². The first-order valence-electron chi connectivity index (χ1n) is 10.4. The average molecular weight is 437 g/mol. The number of allylic oxidation sites excluding steroid dienone is 1. The Morgan fingerprint density at radius 1 is 0.846 bits per heavy atom. The molecule has 0 rings (SSSR count). The van der Waals surface area contributed by atoms with Crippen LogP contribution in [-0.4, -0.2) is 11.7 Å². The van der Waals surface area contributed by atoms with Crippen LogP contribution in [0, 0.1) is 23.2 Å². The molecule has 2 nitrogen and oxygen atoms in total. The quantitative estimate of drug-likeness (QED) is 0.286. The van der Waals surface area contributed by atoms with Crippen molar-refractivity contribution in [2.24, 2.45) is 23.2 Å². The van der Waals surface area contributed by atoms with E-state index in [0.717, 1.165) is 24.2 Å². The molecule has 0 spiro atoms. The number of aliphatic hydroxyl groups excluding tert-OH is 1. The zero-order valence-electron chi connectivity index (χ0n) is 18.9. The smallest absolute Gasteiger partial charge is 0.0614 e. The molecule has 3 heteroatoms. The van der Waals surface area contributed by atoms with E-state index in [-0.39, 0.29) is 29.7 Å². The van der Waals surface area contributed by atoms with E-state index in [1.54, 1.807) is 0 Å². The molecule has 4 N–H and O–H groups in total. The molecule has 160 valence electrons. The minimum Gasteiger partial charge on any atom is -0.392 e. The summed E-state index contributed by atoms with van der Waals surface area (Å²) >= 11 is 0. The molecule has 3 atom stereocenters. The number of hydrogen-bond donors (Lipinski definition) is 2. The maximum atomic E-state index is 8.87. The van der Waals surface area contributed by atoms with Gasteiger partial charge in [-0.05, 0) is 42.9 Å². The van der Waals surface area contributed by atoms with Crippen molar-refractivity contribution in [3.05, 3.63) is 11.6 Å². The molecule has 0 aromatic heterocycles. The molecule has 0 saturated carbocycles. The van der Waals surface area contributed by atoms with Crippen LogP contribution in [-0.2, 0) is 0 Å². The van der Waals surface area contributed by atoms with Crippen molar-refractivity contribution in [2.45, 2.75) is 106 Å². The topological polar surface area (TPSA) is 55.2 Å². The van der Waals surface area contributed by atoms with Gasteiger partial charge in [-0.25, -0.2) is 0 Å². The van der Waals surface area contributed by atoms with Crippen molar-refractivity contribution in [2.75, 3.05) is 6.61 Å². The highest BCUT2D eigenvalue weighted by molar-refractivity contribution is 8.93. The number of aliphatic hydroxyl groups is 1. The minimum absolute atomic E-state index is 0. The van der Waals surface area contributed by atoms with Crippen LogP contribution in [0.15, 0.2) is 11.6 Å². The lowest BCUT2D eigenvalue weighted by molar-refractivity contribution is 0.236. The zero-order chi connectivity index (χ0) is 18.6. The van der Waals surface area contributed by atoms with Crippen LogP contribution in [0.5, 0.6) is 0 Å². The molecule has 0 aliphatic carbocycles. The van der Waals surface area contributed by atoms with E-state index in [0.29, 0.717) is 5.41 Å². The SMILES string of the molecule is Br.C/C(=C\CO)CCCC(C)CCCC(C)CCCC(C)C(C)(C)C.N. The first-order valence-corrected chi connectivity index (χ1v) is 10.4. The van der Waals surface area contributed by atoms with Gasteiger partial charge in [-0.1, -0.05) is 98.1 Å². The Morgan fingerprint density at radius 3 is 1.69 bits per heavy atom. The molecule has 26 heavy (non-hydrogen) atoms. The van der Waals surface area contributed by atoms with Crippen LogP contribution in [0.3, 0.4) is 0 Å². The predicted molar refractivity (Wildman–Crippen MR) is 125 cm³/mol. The van der Waals surface area contributed by atoms with Crippen molar-refractivity contribution in [3.63, 3.8) is 0 Å². The van der Waals surface area contributed by atoms with Gasteiger partial charge in [-0.15, -0.1) is 17.0 Å². The number of rotatable bonds is 13. The molecular formula is C23H50BrNO. The van der Waals surface area contributed by atoms with Gasteiger partial charge in [-0.2, -0.15) is 0 Å². The third-order valence-corrected chi connectivity index (χ3v) is 5.91. The number of hydrogen-bond acceptors (Lipinski definition) is 2. The van der Waals surface area contributed by atoms with E-state index in [2.05, 4.69) is 48.5 Å². The lowest BCUT2D eigenvalue weighted by Crippen LogP contribution is -2.17. The Kier molecular flexibility index (Phi) is 20.5. The predicted octanol–water partition coefficient (Wildman–Crippen LogP) is 8.13. The molecule has 0 amide bonds. The molecular weight excluding hydrogens is 386 g/mol. The minimum atomic E-state index is 0. The van der Waals surface area contributed by atoms with Crippen molar-refractivity contribution in [1.29, 1.82) is 0 Å². The van der Waals surface area contributed by atoms with Crippen molar-refractivity contribution in [3.8, 4) is 0 Å². The molecule has 0 aliphatic rings. The van der Waals surface area contributed by atoms with E-state index in [1.807, 2.05) is 6.08 Å². The van der Waals surface area contributed by atoms with Crippen LogP contribution < -0.4 is 6.15 Å². The second-order valence-electron chi connectivity index (χ2n) is 9.46. The Balaban J connectivity index is -0.00000264. The summed E-state index contributed by atoms with van der Waals surface area (Å²) < 4.78 is 0. The fraction of sp³-hybridized carbons (Fsp3) is 0.913.